The summed E-state index contributed by atoms with van der Waals surface area (Å²) >= 11 is 6.39. The van der Waals surface area contributed by atoms with Gasteiger partial charge in [0.25, 0.3) is 0 Å². The Balaban J connectivity index is 1.54. The topological polar surface area (TPSA) is 70.9 Å². The van der Waals surface area contributed by atoms with Crippen LogP contribution in [0.3, 0.4) is 0 Å². The molecular weight excluding hydrogens is 472 g/mol. The molecule has 1 aliphatic heterocycles. The van der Waals surface area contributed by atoms with E-state index in [0.29, 0.717) is 46.2 Å². The monoisotopic (exact) mass is 495 g/mol. The Morgan fingerprint density at radius 1 is 1.06 bits per heavy atom. The smallest absolute Gasteiger partial charge is 0.231 e. The Morgan fingerprint density at radius 3 is 2.49 bits per heavy atom. The molecule has 1 aliphatic rings. The van der Waals surface area contributed by atoms with Crippen molar-refractivity contribution in [2.75, 3.05) is 29.1 Å². The number of nitrogens with zero attached hydrogens (tertiary/aromatic N) is 5. The molecule has 0 fully saturated rings. The lowest BCUT2D eigenvalue weighted by Crippen LogP contribution is -2.25. The third kappa shape index (κ3) is 4.16. The van der Waals surface area contributed by atoms with Crippen molar-refractivity contribution >= 4 is 40.6 Å². The van der Waals surface area contributed by atoms with Crippen molar-refractivity contribution in [1.82, 2.24) is 19.5 Å². The van der Waals surface area contributed by atoms with Crippen molar-refractivity contribution < 1.29 is 8.78 Å². The number of imidazole rings is 1. The summed E-state index contributed by atoms with van der Waals surface area (Å²) in [6, 6.07) is 9.10. The van der Waals surface area contributed by atoms with E-state index in [1.54, 1.807) is 42.3 Å². The Bertz CT molecular complexity index is 1430. The van der Waals surface area contributed by atoms with Gasteiger partial charge < -0.3 is 20.1 Å². The number of fused-ring (bicyclic) bond motifs is 1. The van der Waals surface area contributed by atoms with E-state index in [0.717, 1.165) is 11.3 Å². The molecule has 4 aromatic rings. The Morgan fingerprint density at radius 2 is 1.83 bits per heavy atom. The standard InChI is InChI=1S/C25H24ClF2N7/c1-14-11-34(13-30-14)20-8-6-16(10-18(20)28)31-24-32-22(29-4)21-23(33-24)35(12-25(21,2)3)19-7-5-15(27)9-17(19)26/h5-11,13H,12H2,1-4H3,(H2,29,31,32,33). The highest BCUT2D eigenvalue weighted by atomic mass is 35.5. The number of halogens is 3. The zero-order valence-corrected chi connectivity index (χ0v) is 20.5. The van der Waals surface area contributed by atoms with Crippen LogP contribution in [0.1, 0.15) is 25.1 Å². The van der Waals surface area contributed by atoms with Crippen molar-refractivity contribution in [2.45, 2.75) is 26.2 Å². The lowest BCUT2D eigenvalue weighted by Gasteiger charge is -2.22. The highest BCUT2D eigenvalue weighted by Gasteiger charge is 2.41. The maximum Gasteiger partial charge on any atom is 0.231 e. The maximum atomic E-state index is 14.9. The first-order valence-electron chi connectivity index (χ1n) is 11.1. The lowest BCUT2D eigenvalue weighted by molar-refractivity contribution is 0.569. The van der Waals surface area contributed by atoms with Gasteiger partial charge in [-0.2, -0.15) is 9.97 Å². The van der Waals surface area contributed by atoms with Crippen molar-refractivity contribution in [1.29, 1.82) is 0 Å². The SMILES string of the molecule is CNc1nc(Nc2ccc(-n3cnc(C)c3)c(F)c2)nc2c1C(C)(C)CN2c1ccc(F)cc1Cl. The van der Waals surface area contributed by atoms with Crippen molar-refractivity contribution in [2.24, 2.45) is 0 Å². The number of anilines is 5. The van der Waals surface area contributed by atoms with E-state index in [2.05, 4.69) is 34.4 Å². The quantitative estimate of drug-likeness (QED) is 0.348. The molecule has 7 nitrogen and oxygen atoms in total. The number of nitrogens with one attached hydrogen (secondary N) is 2. The summed E-state index contributed by atoms with van der Waals surface area (Å²) < 4.78 is 30.2. The number of aromatic nitrogens is 4. The van der Waals surface area contributed by atoms with E-state index >= 15 is 0 Å². The number of aryl methyl sites for hydroxylation is 1. The number of rotatable bonds is 5. The van der Waals surface area contributed by atoms with Crippen molar-refractivity contribution in [3.63, 3.8) is 0 Å². The Hall–Kier alpha value is -3.72. The van der Waals surface area contributed by atoms with Crippen LogP contribution in [0.4, 0.5) is 37.7 Å². The van der Waals surface area contributed by atoms with Crippen LogP contribution in [0.5, 0.6) is 0 Å². The molecule has 0 bridgehead atoms. The van der Waals surface area contributed by atoms with E-state index in [-0.39, 0.29) is 5.41 Å². The Labute approximate surface area is 206 Å². The molecular formula is C25H24ClF2N7. The molecule has 0 atom stereocenters. The normalized spacial score (nSPS) is 14.2. The molecule has 0 saturated heterocycles. The minimum absolute atomic E-state index is 0.291. The molecule has 180 valence electrons. The summed E-state index contributed by atoms with van der Waals surface area (Å²) in [5, 5.41) is 6.56. The van der Waals surface area contributed by atoms with Gasteiger partial charge in [0.2, 0.25) is 5.95 Å². The first-order valence-corrected chi connectivity index (χ1v) is 11.4. The third-order valence-corrected chi connectivity index (χ3v) is 6.31. The van der Waals surface area contributed by atoms with Gasteiger partial charge in [0.15, 0.2) is 0 Å². The van der Waals surface area contributed by atoms with Gasteiger partial charge in [-0.15, -0.1) is 0 Å². The van der Waals surface area contributed by atoms with Gasteiger partial charge in [0.1, 0.15) is 23.3 Å². The molecule has 3 heterocycles. The second-order valence-electron chi connectivity index (χ2n) is 9.12. The van der Waals surface area contributed by atoms with Crippen LogP contribution in [0.25, 0.3) is 5.69 Å². The fraction of sp³-hybridized carbons (Fsp3) is 0.240. The molecule has 35 heavy (non-hydrogen) atoms. The maximum absolute atomic E-state index is 14.9. The molecule has 0 spiro atoms. The second kappa shape index (κ2) is 8.49. The average molecular weight is 496 g/mol. The van der Waals surface area contributed by atoms with E-state index in [9.17, 15) is 8.78 Å². The minimum atomic E-state index is -0.414. The molecule has 0 saturated carbocycles. The predicted molar refractivity (Wildman–Crippen MR) is 135 cm³/mol. The van der Waals surface area contributed by atoms with Crippen LogP contribution in [0.15, 0.2) is 48.9 Å². The first-order chi connectivity index (χ1) is 16.7. The van der Waals surface area contributed by atoms with E-state index in [1.807, 2.05) is 11.8 Å². The van der Waals surface area contributed by atoms with E-state index < -0.39 is 11.6 Å². The summed E-state index contributed by atoms with van der Waals surface area (Å²) in [7, 11) is 1.79. The summed E-state index contributed by atoms with van der Waals surface area (Å²) in [6.45, 7) is 6.60. The molecule has 0 radical (unpaired) electrons. The van der Waals surface area contributed by atoms with Crippen LogP contribution in [0.2, 0.25) is 5.02 Å². The minimum Gasteiger partial charge on any atom is -0.373 e. The number of hydrogen-bond acceptors (Lipinski definition) is 6. The molecule has 0 aliphatic carbocycles. The van der Waals surface area contributed by atoms with Gasteiger partial charge in [-0.05, 0) is 43.3 Å². The van der Waals surface area contributed by atoms with Crippen LogP contribution in [-0.4, -0.2) is 33.1 Å². The van der Waals surface area contributed by atoms with E-state index in [1.165, 1.54) is 18.2 Å². The van der Waals surface area contributed by atoms with Crippen molar-refractivity contribution in [3.05, 3.63) is 76.8 Å². The van der Waals surface area contributed by atoms with Gasteiger partial charge in [-0.1, -0.05) is 25.4 Å². The van der Waals surface area contributed by atoms with Crippen LogP contribution in [-0.2, 0) is 5.41 Å². The van der Waals surface area contributed by atoms with Gasteiger partial charge in [-0.3, -0.25) is 0 Å². The largest absolute Gasteiger partial charge is 0.373 e. The molecule has 0 amide bonds. The van der Waals surface area contributed by atoms with E-state index in [4.69, 9.17) is 16.6 Å². The molecule has 2 aromatic carbocycles. The summed E-state index contributed by atoms with van der Waals surface area (Å²) in [5.41, 5.74) is 2.95. The first kappa shape index (κ1) is 23.0. The van der Waals surface area contributed by atoms with Gasteiger partial charge in [-0.25, -0.2) is 13.8 Å². The summed E-state index contributed by atoms with van der Waals surface area (Å²) in [4.78, 5) is 15.5. The summed E-state index contributed by atoms with van der Waals surface area (Å²) in [6.07, 6.45) is 3.33. The zero-order chi connectivity index (χ0) is 24.9. The average Bonchev–Trinajstić information content (AvgIpc) is 3.34. The molecule has 0 unspecified atom stereocenters. The van der Waals surface area contributed by atoms with Crippen LogP contribution >= 0.6 is 11.6 Å². The summed E-state index contributed by atoms with van der Waals surface area (Å²) in [5.74, 6) is 0.767. The number of hydrogen-bond donors (Lipinski definition) is 2. The Kier molecular flexibility index (Phi) is 5.59. The predicted octanol–water partition coefficient (Wildman–Crippen LogP) is 6.12. The van der Waals surface area contributed by atoms with Gasteiger partial charge in [0.05, 0.1) is 28.4 Å². The third-order valence-electron chi connectivity index (χ3n) is 6.01. The molecule has 5 rings (SSSR count). The van der Waals surface area contributed by atoms with Gasteiger partial charge >= 0.3 is 0 Å². The van der Waals surface area contributed by atoms with Crippen molar-refractivity contribution in [3.8, 4) is 5.69 Å². The number of benzene rings is 2. The zero-order valence-electron chi connectivity index (χ0n) is 19.7. The fourth-order valence-corrected chi connectivity index (χ4v) is 4.70. The molecule has 2 N–H and O–H groups in total. The van der Waals surface area contributed by atoms with Crippen LogP contribution < -0.4 is 15.5 Å². The molecule has 10 heteroatoms. The van der Waals surface area contributed by atoms with Crippen LogP contribution in [0, 0.1) is 18.6 Å². The second-order valence-corrected chi connectivity index (χ2v) is 9.53. The highest BCUT2D eigenvalue weighted by molar-refractivity contribution is 6.33. The lowest BCUT2D eigenvalue weighted by atomic mass is 9.88. The van der Waals surface area contributed by atoms with Gasteiger partial charge in [0, 0.05) is 36.5 Å². The highest BCUT2D eigenvalue weighted by Crippen LogP contribution is 2.48. The fourth-order valence-electron chi connectivity index (χ4n) is 4.43. The molecule has 2 aromatic heterocycles.